The largest absolute Gasteiger partial charge is 0.418 e. The quantitative estimate of drug-likeness (QED) is 0.153. The number of unbranched alkanes of at least 4 members (excludes halogenated alkanes) is 17. The zero-order chi connectivity index (χ0) is 18.6. The van der Waals surface area contributed by atoms with E-state index in [1.54, 1.807) is 0 Å². The second-order valence-corrected chi connectivity index (χ2v) is 13.5. The van der Waals surface area contributed by atoms with Crippen molar-refractivity contribution in [3.8, 4) is 0 Å². The predicted octanol–water partition coefficient (Wildman–Crippen LogP) is 8.88. The first-order valence-corrected chi connectivity index (χ1v) is 15.1. The third-order valence-electron chi connectivity index (χ3n) is 5.03. The number of hydrogen-bond acceptors (Lipinski definition) is 1. The summed E-state index contributed by atoms with van der Waals surface area (Å²) in [6.07, 6.45) is 25.9. The Labute approximate surface area is 161 Å². The summed E-state index contributed by atoms with van der Waals surface area (Å²) < 4.78 is 5.90. The van der Waals surface area contributed by atoms with Crippen molar-refractivity contribution in [2.75, 3.05) is 6.61 Å². The molecule has 0 radical (unpaired) electrons. The molecule has 0 aromatic rings. The van der Waals surface area contributed by atoms with Crippen LogP contribution in [-0.2, 0) is 4.43 Å². The highest BCUT2D eigenvalue weighted by molar-refractivity contribution is 6.69. The van der Waals surface area contributed by atoms with Gasteiger partial charge in [0.05, 0.1) is 0 Å². The van der Waals surface area contributed by atoms with Crippen LogP contribution in [0.3, 0.4) is 0 Å². The van der Waals surface area contributed by atoms with Crippen molar-refractivity contribution < 1.29 is 4.43 Å². The molecule has 0 saturated heterocycles. The highest BCUT2D eigenvalue weighted by Crippen LogP contribution is 2.14. The van der Waals surface area contributed by atoms with Crippen molar-refractivity contribution >= 4 is 8.32 Å². The van der Waals surface area contributed by atoms with Gasteiger partial charge in [-0.2, -0.15) is 0 Å². The summed E-state index contributed by atoms with van der Waals surface area (Å²) in [4.78, 5) is 0. The van der Waals surface area contributed by atoms with Gasteiger partial charge in [-0.1, -0.05) is 116 Å². The molecule has 0 aliphatic carbocycles. The first-order chi connectivity index (χ1) is 12.1. The van der Waals surface area contributed by atoms with Crippen molar-refractivity contribution in [2.24, 2.45) is 0 Å². The molecule has 0 saturated carbocycles. The Kier molecular flexibility index (Phi) is 19.1. The fraction of sp³-hybridized carbons (Fsp3) is 1.00. The van der Waals surface area contributed by atoms with Gasteiger partial charge in [-0.3, -0.25) is 0 Å². The summed E-state index contributed by atoms with van der Waals surface area (Å²) in [6, 6.07) is 0. The SMILES string of the molecule is CCCCCCCCCCCCCCCCCCCCO[Si](C)(C)C. The number of hydrogen-bond donors (Lipinski definition) is 0. The zero-order valence-electron chi connectivity index (χ0n) is 18.3. The molecule has 0 heterocycles. The minimum Gasteiger partial charge on any atom is -0.418 e. The smallest absolute Gasteiger partial charge is 0.183 e. The van der Waals surface area contributed by atoms with Crippen LogP contribution in [0.15, 0.2) is 0 Å². The maximum Gasteiger partial charge on any atom is 0.183 e. The highest BCUT2D eigenvalue weighted by atomic mass is 28.4. The third-order valence-corrected chi connectivity index (χ3v) is 6.10. The second-order valence-electron chi connectivity index (χ2n) is 8.97. The van der Waals surface area contributed by atoms with Crippen molar-refractivity contribution in [3.63, 3.8) is 0 Å². The van der Waals surface area contributed by atoms with Crippen LogP contribution < -0.4 is 0 Å². The maximum atomic E-state index is 5.90. The Balaban J connectivity index is 3.01. The fourth-order valence-corrected chi connectivity index (χ4v) is 4.14. The summed E-state index contributed by atoms with van der Waals surface area (Å²) in [5.74, 6) is 0. The average Bonchev–Trinajstić information content (AvgIpc) is 2.56. The van der Waals surface area contributed by atoms with Crippen molar-refractivity contribution in [2.45, 2.75) is 142 Å². The molecule has 25 heavy (non-hydrogen) atoms. The van der Waals surface area contributed by atoms with E-state index in [2.05, 4.69) is 26.6 Å². The first-order valence-electron chi connectivity index (χ1n) is 11.7. The molecule has 0 aromatic carbocycles. The summed E-state index contributed by atoms with van der Waals surface area (Å²) in [7, 11) is -1.27. The Morgan fingerprint density at radius 1 is 0.440 bits per heavy atom. The monoisotopic (exact) mass is 370 g/mol. The summed E-state index contributed by atoms with van der Waals surface area (Å²) in [5, 5.41) is 0. The lowest BCUT2D eigenvalue weighted by Crippen LogP contribution is -2.25. The van der Waals surface area contributed by atoms with E-state index >= 15 is 0 Å². The van der Waals surface area contributed by atoms with Crippen molar-refractivity contribution in [1.82, 2.24) is 0 Å². The van der Waals surface area contributed by atoms with Crippen LogP contribution in [0.1, 0.15) is 122 Å². The molecule has 0 N–H and O–H groups in total. The molecule has 0 spiro atoms. The van der Waals surface area contributed by atoms with Crippen LogP contribution in [0.25, 0.3) is 0 Å². The Hall–Kier alpha value is 0.177. The minimum atomic E-state index is -1.27. The van der Waals surface area contributed by atoms with Gasteiger partial charge in [0.1, 0.15) is 0 Å². The molecule has 1 nitrogen and oxygen atoms in total. The zero-order valence-corrected chi connectivity index (χ0v) is 19.3. The van der Waals surface area contributed by atoms with Gasteiger partial charge in [0, 0.05) is 6.61 Å². The molecule has 2 heteroatoms. The molecule has 0 aliphatic rings. The van der Waals surface area contributed by atoms with E-state index in [1.165, 1.54) is 116 Å². The molecule has 0 aliphatic heterocycles. The lowest BCUT2D eigenvalue weighted by Gasteiger charge is -2.16. The lowest BCUT2D eigenvalue weighted by molar-refractivity contribution is 0.298. The minimum absolute atomic E-state index is 0.995. The Bertz CT molecular complexity index is 247. The normalized spacial score (nSPS) is 12.0. The van der Waals surface area contributed by atoms with Crippen LogP contribution in [0, 0.1) is 0 Å². The van der Waals surface area contributed by atoms with Crippen LogP contribution in [0.5, 0.6) is 0 Å². The van der Waals surface area contributed by atoms with Crippen molar-refractivity contribution in [3.05, 3.63) is 0 Å². The van der Waals surface area contributed by atoms with E-state index in [0.29, 0.717) is 0 Å². The van der Waals surface area contributed by atoms with Gasteiger partial charge >= 0.3 is 0 Å². The number of rotatable bonds is 20. The summed E-state index contributed by atoms with van der Waals surface area (Å²) in [6.45, 7) is 10.1. The molecule has 0 unspecified atom stereocenters. The van der Waals surface area contributed by atoms with Crippen LogP contribution >= 0.6 is 0 Å². The second kappa shape index (κ2) is 19.0. The summed E-state index contributed by atoms with van der Waals surface area (Å²) in [5.41, 5.74) is 0. The Morgan fingerprint density at radius 2 is 0.720 bits per heavy atom. The molecular formula is C23H50OSi. The lowest BCUT2D eigenvalue weighted by atomic mass is 10.0. The molecule has 0 aromatic heterocycles. The van der Waals surface area contributed by atoms with Gasteiger partial charge in [0.2, 0.25) is 0 Å². The van der Waals surface area contributed by atoms with Crippen LogP contribution in [0.4, 0.5) is 0 Å². The van der Waals surface area contributed by atoms with Gasteiger partial charge in [0.15, 0.2) is 8.32 Å². The van der Waals surface area contributed by atoms with Crippen molar-refractivity contribution in [1.29, 1.82) is 0 Å². The van der Waals surface area contributed by atoms with E-state index in [-0.39, 0.29) is 0 Å². The van der Waals surface area contributed by atoms with Gasteiger partial charge in [-0.05, 0) is 26.1 Å². The average molecular weight is 371 g/mol. The molecule has 0 rings (SSSR count). The molecular weight excluding hydrogens is 320 g/mol. The molecule has 152 valence electrons. The third kappa shape index (κ3) is 24.2. The topological polar surface area (TPSA) is 9.23 Å². The predicted molar refractivity (Wildman–Crippen MR) is 118 cm³/mol. The van der Waals surface area contributed by atoms with E-state index < -0.39 is 8.32 Å². The molecule has 0 bridgehead atoms. The van der Waals surface area contributed by atoms with E-state index in [9.17, 15) is 0 Å². The van der Waals surface area contributed by atoms with E-state index in [4.69, 9.17) is 4.43 Å². The standard InChI is InChI=1S/C23H50OSi/c1-5-6-7-8-9-10-11-12-13-14-15-16-17-18-19-20-21-22-23-24-25(2,3)4/h5-23H2,1-4H3. The summed E-state index contributed by atoms with van der Waals surface area (Å²) >= 11 is 0. The first kappa shape index (κ1) is 25.2. The van der Waals surface area contributed by atoms with E-state index in [1.807, 2.05) is 0 Å². The Morgan fingerprint density at radius 3 is 1.00 bits per heavy atom. The van der Waals surface area contributed by atoms with Crippen LogP contribution in [0.2, 0.25) is 19.6 Å². The van der Waals surface area contributed by atoms with Crippen LogP contribution in [-0.4, -0.2) is 14.9 Å². The van der Waals surface area contributed by atoms with Gasteiger partial charge in [-0.25, -0.2) is 0 Å². The molecule has 0 atom stereocenters. The van der Waals surface area contributed by atoms with E-state index in [0.717, 1.165) is 6.61 Å². The highest BCUT2D eigenvalue weighted by Gasteiger charge is 2.12. The maximum absolute atomic E-state index is 5.90. The van der Waals surface area contributed by atoms with Gasteiger partial charge in [0.25, 0.3) is 0 Å². The molecule has 0 amide bonds. The van der Waals surface area contributed by atoms with Gasteiger partial charge in [-0.15, -0.1) is 0 Å². The molecule has 0 fully saturated rings. The van der Waals surface area contributed by atoms with Gasteiger partial charge < -0.3 is 4.43 Å². The fourth-order valence-electron chi connectivity index (χ4n) is 3.38.